The number of rotatable bonds is 2. The molecule has 1 atom stereocenters. The summed E-state index contributed by atoms with van der Waals surface area (Å²) in [7, 11) is 0. The Bertz CT molecular complexity index is 611. The van der Waals surface area contributed by atoms with E-state index in [1.807, 2.05) is 24.4 Å². The Morgan fingerprint density at radius 1 is 1.11 bits per heavy atom. The highest BCUT2D eigenvalue weighted by Gasteiger charge is 2.67. The lowest BCUT2D eigenvalue weighted by molar-refractivity contribution is 0.132. The topological polar surface area (TPSA) is 33.1 Å². The molecule has 1 aliphatic rings. The van der Waals surface area contributed by atoms with E-state index in [2.05, 4.69) is 38.7 Å². The molecule has 1 aromatic heterocycles. The molecule has 0 aliphatic heterocycles. The summed E-state index contributed by atoms with van der Waals surface area (Å²) in [4.78, 5) is 4.20. The van der Waals surface area contributed by atoms with E-state index in [-0.39, 0.29) is 10.8 Å². The van der Waals surface area contributed by atoms with Crippen molar-refractivity contribution >= 4 is 10.8 Å². The van der Waals surface area contributed by atoms with Crippen LogP contribution in [0, 0.1) is 16.7 Å². The van der Waals surface area contributed by atoms with Crippen LogP contribution in [0.2, 0.25) is 0 Å². The van der Waals surface area contributed by atoms with Gasteiger partial charge in [-0.05, 0) is 27.8 Å². The molecule has 1 heterocycles. The van der Waals surface area contributed by atoms with Crippen LogP contribution in [-0.4, -0.2) is 10.1 Å². The molecule has 1 aliphatic carbocycles. The Morgan fingerprint density at radius 3 is 2.42 bits per heavy atom. The maximum Gasteiger partial charge on any atom is 0.0835 e. The van der Waals surface area contributed by atoms with Gasteiger partial charge in [0.15, 0.2) is 0 Å². The lowest BCUT2D eigenvalue weighted by Crippen LogP contribution is -2.06. The van der Waals surface area contributed by atoms with E-state index in [0.717, 1.165) is 16.3 Å². The molecular formula is C17H21NO. The molecule has 3 rings (SSSR count). The van der Waals surface area contributed by atoms with Gasteiger partial charge in [-0.2, -0.15) is 0 Å². The van der Waals surface area contributed by atoms with Crippen LogP contribution in [0.25, 0.3) is 10.8 Å². The van der Waals surface area contributed by atoms with Gasteiger partial charge in [-0.1, -0.05) is 45.9 Å². The fraction of sp³-hybridized carbons (Fsp3) is 0.471. The smallest absolute Gasteiger partial charge is 0.0835 e. The van der Waals surface area contributed by atoms with Crippen molar-refractivity contribution < 1.29 is 5.11 Å². The molecule has 1 fully saturated rings. The van der Waals surface area contributed by atoms with Crippen molar-refractivity contribution in [1.29, 1.82) is 0 Å². The number of hydrogen-bond acceptors (Lipinski definition) is 2. The second-order valence-corrected chi connectivity index (χ2v) is 6.81. The Balaban J connectivity index is 2.07. The first kappa shape index (κ1) is 12.6. The highest BCUT2D eigenvalue weighted by molar-refractivity contribution is 5.85. The van der Waals surface area contributed by atoms with Crippen molar-refractivity contribution in [2.45, 2.75) is 33.8 Å². The molecule has 2 aromatic rings. The van der Waals surface area contributed by atoms with Gasteiger partial charge in [-0.25, -0.2) is 0 Å². The van der Waals surface area contributed by atoms with Crippen LogP contribution in [-0.2, 0) is 0 Å². The third-order valence-corrected chi connectivity index (χ3v) is 5.48. The molecule has 1 aromatic carbocycles. The van der Waals surface area contributed by atoms with Crippen LogP contribution in [0.3, 0.4) is 0 Å². The number of aromatic nitrogens is 1. The highest BCUT2D eigenvalue weighted by Crippen LogP contribution is 2.72. The number of pyridine rings is 1. The second kappa shape index (κ2) is 3.80. The van der Waals surface area contributed by atoms with Crippen molar-refractivity contribution in [1.82, 2.24) is 4.98 Å². The average Bonchev–Trinajstić information content (AvgIpc) is 2.78. The fourth-order valence-electron chi connectivity index (χ4n) is 3.61. The molecule has 100 valence electrons. The molecule has 1 N–H and O–H groups in total. The molecule has 0 radical (unpaired) electrons. The zero-order valence-electron chi connectivity index (χ0n) is 12.0. The van der Waals surface area contributed by atoms with Gasteiger partial charge in [0.25, 0.3) is 0 Å². The Labute approximate surface area is 114 Å². The number of benzene rings is 1. The lowest BCUT2D eigenvalue weighted by atomic mass is 9.95. The van der Waals surface area contributed by atoms with Crippen molar-refractivity contribution in [3.63, 3.8) is 0 Å². The predicted molar refractivity (Wildman–Crippen MR) is 77.8 cm³/mol. The molecule has 1 saturated carbocycles. The maximum atomic E-state index is 10.8. The summed E-state index contributed by atoms with van der Waals surface area (Å²) in [5, 5.41) is 13.0. The van der Waals surface area contributed by atoms with Crippen LogP contribution in [0.15, 0.2) is 36.7 Å². The zero-order valence-corrected chi connectivity index (χ0v) is 12.0. The molecule has 2 nitrogen and oxygen atoms in total. The van der Waals surface area contributed by atoms with E-state index in [1.54, 1.807) is 6.20 Å². The Hall–Kier alpha value is -1.41. The zero-order chi connectivity index (χ0) is 13.8. The summed E-state index contributed by atoms with van der Waals surface area (Å²) in [5.41, 5.74) is 1.36. The van der Waals surface area contributed by atoms with Gasteiger partial charge in [0.2, 0.25) is 0 Å². The van der Waals surface area contributed by atoms with Crippen molar-refractivity contribution in [3.05, 3.63) is 42.2 Å². The first-order valence-electron chi connectivity index (χ1n) is 6.88. The molecule has 0 saturated heterocycles. The number of aliphatic hydroxyl groups is 1. The Morgan fingerprint density at radius 2 is 1.79 bits per heavy atom. The second-order valence-electron chi connectivity index (χ2n) is 6.81. The van der Waals surface area contributed by atoms with E-state index in [4.69, 9.17) is 0 Å². The minimum atomic E-state index is -0.419. The van der Waals surface area contributed by atoms with Gasteiger partial charge in [0, 0.05) is 23.7 Å². The van der Waals surface area contributed by atoms with Gasteiger partial charge >= 0.3 is 0 Å². The molecule has 19 heavy (non-hydrogen) atoms. The minimum Gasteiger partial charge on any atom is -0.388 e. The van der Waals surface area contributed by atoms with E-state index < -0.39 is 6.10 Å². The van der Waals surface area contributed by atoms with Crippen LogP contribution in [0.1, 0.15) is 39.4 Å². The predicted octanol–water partition coefficient (Wildman–Crippen LogP) is 3.95. The standard InChI is InChI=1S/C17H21NO/c1-16(2)15(17(16,3)4)14(19)12-7-5-6-11-8-9-18-10-13(11)12/h5-10,14-15,19H,1-4H3. The normalized spacial score (nSPS) is 22.4. The number of aliphatic hydroxyl groups excluding tert-OH is 1. The summed E-state index contributed by atoms with van der Waals surface area (Å²) in [5.74, 6) is 0.297. The van der Waals surface area contributed by atoms with E-state index in [9.17, 15) is 5.11 Å². The molecule has 0 amide bonds. The average molecular weight is 255 g/mol. The first-order chi connectivity index (χ1) is 8.87. The van der Waals surface area contributed by atoms with Crippen LogP contribution < -0.4 is 0 Å². The van der Waals surface area contributed by atoms with Crippen LogP contribution in [0.4, 0.5) is 0 Å². The highest BCUT2D eigenvalue weighted by atomic mass is 16.3. The summed E-state index contributed by atoms with van der Waals surface area (Å²) in [6.07, 6.45) is 3.23. The van der Waals surface area contributed by atoms with E-state index in [0.29, 0.717) is 5.92 Å². The van der Waals surface area contributed by atoms with Gasteiger partial charge in [-0.3, -0.25) is 4.98 Å². The number of hydrogen-bond donors (Lipinski definition) is 1. The van der Waals surface area contributed by atoms with Gasteiger partial charge in [0.05, 0.1) is 6.10 Å². The Kier molecular flexibility index (Phi) is 2.52. The molecule has 0 bridgehead atoms. The van der Waals surface area contributed by atoms with E-state index >= 15 is 0 Å². The monoisotopic (exact) mass is 255 g/mol. The lowest BCUT2D eigenvalue weighted by Gasteiger charge is -2.15. The largest absolute Gasteiger partial charge is 0.388 e. The third kappa shape index (κ3) is 1.63. The third-order valence-electron chi connectivity index (χ3n) is 5.48. The molecular weight excluding hydrogens is 234 g/mol. The molecule has 2 heteroatoms. The summed E-state index contributed by atoms with van der Waals surface area (Å²) in [6.45, 7) is 8.96. The first-order valence-corrected chi connectivity index (χ1v) is 6.88. The number of fused-ring (bicyclic) bond motifs is 1. The van der Waals surface area contributed by atoms with Crippen molar-refractivity contribution in [2.75, 3.05) is 0 Å². The van der Waals surface area contributed by atoms with Crippen molar-refractivity contribution in [3.8, 4) is 0 Å². The van der Waals surface area contributed by atoms with Gasteiger partial charge in [0.1, 0.15) is 0 Å². The van der Waals surface area contributed by atoms with Crippen LogP contribution in [0.5, 0.6) is 0 Å². The summed E-state index contributed by atoms with van der Waals surface area (Å²) >= 11 is 0. The fourth-order valence-corrected chi connectivity index (χ4v) is 3.61. The van der Waals surface area contributed by atoms with Crippen LogP contribution >= 0.6 is 0 Å². The minimum absolute atomic E-state index is 0.177. The molecule has 0 spiro atoms. The number of nitrogens with zero attached hydrogens (tertiary/aromatic N) is 1. The van der Waals surface area contributed by atoms with Gasteiger partial charge < -0.3 is 5.11 Å². The van der Waals surface area contributed by atoms with E-state index in [1.165, 1.54) is 0 Å². The maximum absolute atomic E-state index is 10.8. The van der Waals surface area contributed by atoms with Gasteiger partial charge in [-0.15, -0.1) is 0 Å². The SMILES string of the molecule is CC1(C)C(C(O)c2cccc3ccncc23)C1(C)C. The summed E-state index contributed by atoms with van der Waals surface area (Å²) in [6, 6.07) is 8.10. The molecule has 1 unspecified atom stereocenters. The van der Waals surface area contributed by atoms with Crippen molar-refractivity contribution in [2.24, 2.45) is 16.7 Å². The summed E-state index contributed by atoms with van der Waals surface area (Å²) < 4.78 is 0. The quantitative estimate of drug-likeness (QED) is 0.881.